The van der Waals surface area contributed by atoms with Crippen molar-refractivity contribution in [1.29, 1.82) is 0 Å². The topological polar surface area (TPSA) is 96.1 Å². The van der Waals surface area contributed by atoms with Crippen molar-refractivity contribution in [3.8, 4) is 0 Å². The van der Waals surface area contributed by atoms with E-state index in [1.807, 2.05) is 19.9 Å². The van der Waals surface area contributed by atoms with E-state index >= 15 is 0 Å². The molecule has 0 bridgehead atoms. The van der Waals surface area contributed by atoms with E-state index in [4.69, 9.17) is 10.6 Å². The highest BCUT2D eigenvalue weighted by molar-refractivity contribution is 5.97. The number of rotatable bonds is 6. The summed E-state index contributed by atoms with van der Waals surface area (Å²) in [5, 5.41) is 3.58. The number of amides is 1. The van der Waals surface area contributed by atoms with Gasteiger partial charge < -0.3 is 20.8 Å². The van der Waals surface area contributed by atoms with Crippen molar-refractivity contribution < 1.29 is 13.9 Å². The van der Waals surface area contributed by atoms with E-state index in [1.165, 1.54) is 16.8 Å². The summed E-state index contributed by atoms with van der Waals surface area (Å²) in [6, 6.07) is 8.74. The second-order valence-corrected chi connectivity index (χ2v) is 12.1. The predicted molar refractivity (Wildman–Crippen MR) is 150 cm³/mol. The zero-order chi connectivity index (χ0) is 27.9. The Morgan fingerprint density at radius 2 is 1.95 bits per heavy atom. The van der Waals surface area contributed by atoms with Crippen molar-refractivity contribution in [3.05, 3.63) is 63.3 Å². The molecule has 1 amide bonds. The Morgan fingerprint density at radius 1 is 1.21 bits per heavy atom. The molecule has 0 spiro atoms. The summed E-state index contributed by atoms with van der Waals surface area (Å²) in [5.41, 5.74) is 1.86. The normalized spacial score (nSPS) is 25.6. The summed E-state index contributed by atoms with van der Waals surface area (Å²) in [4.78, 5) is 33.7. The van der Waals surface area contributed by atoms with E-state index in [1.54, 1.807) is 17.0 Å². The minimum atomic E-state index is -0.479. The van der Waals surface area contributed by atoms with Gasteiger partial charge in [0.2, 0.25) is 5.91 Å². The number of pyridine rings is 1. The molecule has 2 saturated heterocycles. The standard InChI is InChI=1S/C29H41FN6O3/c1-19-14-34(24(13-32-19)15-33-9-10-39-17-20(33)2)16-26(37)35-18-29(3,4)27-25(35)12-22(28(38)36(27)31)11-21-5-7-23(30)8-6-21/h5-8,12,19-20,24,32H,9-11,13-18,31H2,1-4H3/t19-,20-,24-/m1/s1. The van der Waals surface area contributed by atoms with Gasteiger partial charge in [0.05, 0.1) is 31.1 Å². The van der Waals surface area contributed by atoms with Gasteiger partial charge >= 0.3 is 0 Å². The molecule has 3 aliphatic rings. The van der Waals surface area contributed by atoms with Crippen molar-refractivity contribution in [2.75, 3.05) is 63.2 Å². The number of nitrogen functional groups attached to an aromatic ring is 1. The van der Waals surface area contributed by atoms with Crippen molar-refractivity contribution >= 4 is 11.6 Å². The summed E-state index contributed by atoms with van der Waals surface area (Å²) in [5.74, 6) is 6.04. The van der Waals surface area contributed by atoms with Crippen LogP contribution < -0.4 is 21.6 Å². The van der Waals surface area contributed by atoms with Gasteiger partial charge in [-0.15, -0.1) is 0 Å². The van der Waals surface area contributed by atoms with Crippen LogP contribution in [0.5, 0.6) is 0 Å². The third kappa shape index (κ3) is 5.75. The van der Waals surface area contributed by atoms with Gasteiger partial charge in [-0.1, -0.05) is 26.0 Å². The van der Waals surface area contributed by atoms with Gasteiger partial charge in [0.25, 0.3) is 5.56 Å². The molecule has 10 heteroatoms. The minimum Gasteiger partial charge on any atom is -0.379 e. The number of anilines is 1. The molecule has 212 valence electrons. The van der Waals surface area contributed by atoms with Crippen LogP contribution in [0.25, 0.3) is 0 Å². The van der Waals surface area contributed by atoms with E-state index in [9.17, 15) is 14.0 Å². The fourth-order valence-electron chi connectivity index (χ4n) is 6.25. The molecule has 39 heavy (non-hydrogen) atoms. The lowest BCUT2D eigenvalue weighted by Gasteiger charge is -2.43. The van der Waals surface area contributed by atoms with Gasteiger partial charge in [0.1, 0.15) is 5.82 Å². The van der Waals surface area contributed by atoms with Crippen LogP contribution in [0.3, 0.4) is 0 Å². The average molecular weight is 541 g/mol. The number of morpholine rings is 1. The lowest BCUT2D eigenvalue weighted by molar-refractivity contribution is -0.121. The van der Waals surface area contributed by atoms with Crippen LogP contribution in [0.15, 0.2) is 35.1 Å². The number of hydrogen-bond donors (Lipinski definition) is 2. The van der Waals surface area contributed by atoms with E-state index in [-0.39, 0.29) is 29.4 Å². The Kier molecular flexibility index (Phi) is 7.83. The fourth-order valence-corrected chi connectivity index (χ4v) is 6.25. The van der Waals surface area contributed by atoms with E-state index in [0.29, 0.717) is 42.5 Å². The second kappa shape index (κ2) is 11.0. The molecule has 1 aromatic heterocycles. The Labute approximate surface area is 229 Å². The van der Waals surface area contributed by atoms with E-state index in [2.05, 4.69) is 29.0 Å². The first kappa shape index (κ1) is 27.8. The highest BCUT2D eigenvalue weighted by Gasteiger charge is 2.42. The van der Waals surface area contributed by atoms with Gasteiger partial charge in [-0.3, -0.25) is 19.4 Å². The predicted octanol–water partition coefficient (Wildman–Crippen LogP) is 1.30. The SMILES string of the molecule is C[C@@H]1CN(CC(=O)N2CC(C)(C)c3c2cc(Cc2ccc(F)cc2)c(=O)n3N)[C@@H](CN2CCOC[C@H]2C)CN1. The largest absolute Gasteiger partial charge is 0.379 e. The number of hydrogen-bond acceptors (Lipinski definition) is 7. The maximum atomic E-state index is 13.9. The molecule has 3 aliphatic heterocycles. The lowest BCUT2D eigenvalue weighted by Crippen LogP contribution is -2.62. The van der Waals surface area contributed by atoms with Gasteiger partial charge in [0, 0.05) is 68.2 Å². The van der Waals surface area contributed by atoms with Crippen LogP contribution in [0.1, 0.15) is 44.5 Å². The summed E-state index contributed by atoms with van der Waals surface area (Å²) in [7, 11) is 0. The minimum absolute atomic E-state index is 0.00216. The number of fused-ring (bicyclic) bond motifs is 1. The van der Waals surface area contributed by atoms with Crippen LogP contribution in [-0.2, 0) is 21.4 Å². The summed E-state index contributed by atoms with van der Waals surface area (Å²) < 4.78 is 20.2. The Hall–Kier alpha value is -2.79. The molecule has 0 radical (unpaired) electrons. The van der Waals surface area contributed by atoms with Crippen LogP contribution in [0.4, 0.5) is 10.1 Å². The first-order valence-corrected chi connectivity index (χ1v) is 13.9. The van der Waals surface area contributed by atoms with Crippen molar-refractivity contribution in [3.63, 3.8) is 0 Å². The number of nitrogens with two attached hydrogens (primary N) is 1. The molecule has 0 aliphatic carbocycles. The number of nitrogens with zero attached hydrogens (tertiary/aromatic N) is 4. The number of aromatic nitrogens is 1. The molecule has 9 nitrogen and oxygen atoms in total. The quantitative estimate of drug-likeness (QED) is 0.534. The van der Waals surface area contributed by atoms with Crippen molar-refractivity contribution in [2.24, 2.45) is 0 Å². The maximum absolute atomic E-state index is 13.9. The molecule has 3 atom stereocenters. The third-order valence-electron chi connectivity index (χ3n) is 8.40. The molecule has 0 saturated carbocycles. The number of benzene rings is 1. The monoisotopic (exact) mass is 540 g/mol. The molecule has 0 unspecified atom stereocenters. The fraction of sp³-hybridized carbons (Fsp3) is 0.586. The van der Waals surface area contributed by atoms with Crippen LogP contribution in [0, 0.1) is 5.82 Å². The summed E-state index contributed by atoms with van der Waals surface area (Å²) in [6.45, 7) is 14.0. The smallest absolute Gasteiger partial charge is 0.272 e. The first-order chi connectivity index (χ1) is 18.5. The Bertz CT molecular complexity index is 1260. The number of carbonyl (C=O) groups excluding carboxylic acids is 1. The summed E-state index contributed by atoms with van der Waals surface area (Å²) in [6.07, 6.45) is 0.307. The maximum Gasteiger partial charge on any atom is 0.272 e. The zero-order valence-electron chi connectivity index (χ0n) is 23.5. The van der Waals surface area contributed by atoms with Crippen molar-refractivity contribution in [1.82, 2.24) is 19.8 Å². The summed E-state index contributed by atoms with van der Waals surface area (Å²) >= 11 is 0. The van der Waals surface area contributed by atoms with Gasteiger partial charge in [0.15, 0.2) is 0 Å². The van der Waals surface area contributed by atoms with Gasteiger partial charge in [-0.25, -0.2) is 9.07 Å². The number of ether oxygens (including phenoxy) is 1. The molecular formula is C29H41FN6O3. The number of piperazine rings is 1. The van der Waals surface area contributed by atoms with Crippen molar-refractivity contribution in [2.45, 2.75) is 57.7 Å². The molecule has 5 rings (SSSR count). The van der Waals surface area contributed by atoms with Crippen LogP contribution >= 0.6 is 0 Å². The molecule has 4 heterocycles. The van der Waals surface area contributed by atoms with E-state index in [0.717, 1.165) is 45.0 Å². The highest BCUT2D eigenvalue weighted by Crippen LogP contribution is 2.40. The number of carbonyl (C=O) groups is 1. The van der Waals surface area contributed by atoms with Gasteiger partial charge in [-0.05, 0) is 37.6 Å². The molecule has 2 fully saturated rings. The second-order valence-electron chi connectivity index (χ2n) is 12.1. The molecule has 2 aromatic rings. The Balaban J connectivity index is 1.39. The highest BCUT2D eigenvalue weighted by atomic mass is 19.1. The third-order valence-corrected chi connectivity index (χ3v) is 8.40. The lowest BCUT2D eigenvalue weighted by atomic mass is 9.90. The first-order valence-electron chi connectivity index (χ1n) is 13.9. The Morgan fingerprint density at radius 3 is 2.67 bits per heavy atom. The number of nitrogens with one attached hydrogen (secondary N) is 1. The molecular weight excluding hydrogens is 499 g/mol. The zero-order valence-corrected chi connectivity index (χ0v) is 23.5. The van der Waals surface area contributed by atoms with Crippen LogP contribution in [-0.4, -0.2) is 91.0 Å². The molecule has 1 aromatic carbocycles. The van der Waals surface area contributed by atoms with Gasteiger partial charge in [-0.2, -0.15) is 0 Å². The number of halogens is 1. The molecule has 3 N–H and O–H groups in total. The van der Waals surface area contributed by atoms with E-state index < -0.39 is 5.41 Å². The average Bonchev–Trinajstić information content (AvgIpc) is 3.16. The van der Waals surface area contributed by atoms with Crippen LogP contribution in [0.2, 0.25) is 0 Å².